The molecule has 94 valence electrons. The van der Waals surface area contributed by atoms with Gasteiger partial charge in [-0.3, -0.25) is 4.90 Å². The van der Waals surface area contributed by atoms with E-state index in [9.17, 15) is 0 Å². The third-order valence-electron chi connectivity index (χ3n) is 3.83. The predicted octanol–water partition coefficient (Wildman–Crippen LogP) is 2.20. The fourth-order valence-corrected chi connectivity index (χ4v) is 4.21. The molecule has 0 aromatic rings. The first-order chi connectivity index (χ1) is 7.66. The Bertz CT molecular complexity index is 214. The molecule has 0 aliphatic carbocycles. The van der Waals surface area contributed by atoms with Crippen LogP contribution in [-0.4, -0.2) is 47.6 Å². The Balaban J connectivity index is 1.89. The van der Waals surface area contributed by atoms with E-state index in [1.165, 1.54) is 37.4 Å². The van der Waals surface area contributed by atoms with Crippen LogP contribution in [0.4, 0.5) is 0 Å². The SMILES string of the molecule is CC(C)CC1CN(C2CCSC2)C(C)CN1. The summed E-state index contributed by atoms with van der Waals surface area (Å²) in [4.78, 5) is 2.77. The normalized spacial score (nSPS) is 37.1. The second kappa shape index (κ2) is 5.74. The van der Waals surface area contributed by atoms with Crippen molar-refractivity contribution in [2.45, 2.75) is 51.7 Å². The van der Waals surface area contributed by atoms with Gasteiger partial charge in [0.25, 0.3) is 0 Å². The largest absolute Gasteiger partial charge is 0.311 e. The number of nitrogens with one attached hydrogen (secondary N) is 1. The fraction of sp³-hybridized carbons (Fsp3) is 1.00. The van der Waals surface area contributed by atoms with Gasteiger partial charge in [0.05, 0.1) is 0 Å². The van der Waals surface area contributed by atoms with Gasteiger partial charge in [0, 0.05) is 37.0 Å². The molecule has 2 rings (SSSR count). The molecule has 0 saturated carbocycles. The minimum atomic E-state index is 0.724. The summed E-state index contributed by atoms with van der Waals surface area (Å²) < 4.78 is 0. The van der Waals surface area contributed by atoms with E-state index in [0.29, 0.717) is 0 Å². The van der Waals surface area contributed by atoms with Crippen molar-refractivity contribution in [3.8, 4) is 0 Å². The molecule has 1 N–H and O–H groups in total. The summed E-state index contributed by atoms with van der Waals surface area (Å²) in [6, 6.07) is 2.31. The highest BCUT2D eigenvalue weighted by molar-refractivity contribution is 7.99. The van der Waals surface area contributed by atoms with Crippen molar-refractivity contribution in [3.63, 3.8) is 0 Å². The Morgan fingerprint density at radius 2 is 2.25 bits per heavy atom. The van der Waals surface area contributed by atoms with Gasteiger partial charge in [0.15, 0.2) is 0 Å². The van der Waals surface area contributed by atoms with E-state index in [0.717, 1.165) is 24.0 Å². The van der Waals surface area contributed by atoms with Crippen molar-refractivity contribution in [3.05, 3.63) is 0 Å². The number of hydrogen-bond acceptors (Lipinski definition) is 3. The average Bonchev–Trinajstić information content (AvgIpc) is 2.73. The highest BCUT2D eigenvalue weighted by Gasteiger charge is 2.32. The highest BCUT2D eigenvalue weighted by atomic mass is 32.2. The van der Waals surface area contributed by atoms with Crippen molar-refractivity contribution in [1.82, 2.24) is 10.2 Å². The summed E-state index contributed by atoms with van der Waals surface area (Å²) in [7, 11) is 0. The van der Waals surface area contributed by atoms with Gasteiger partial charge in [0.1, 0.15) is 0 Å². The molecule has 2 saturated heterocycles. The summed E-state index contributed by atoms with van der Waals surface area (Å²) in [5.74, 6) is 3.54. The van der Waals surface area contributed by atoms with Crippen LogP contribution in [0.1, 0.15) is 33.6 Å². The molecule has 0 aromatic heterocycles. The van der Waals surface area contributed by atoms with Crippen LogP contribution in [0, 0.1) is 5.92 Å². The van der Waals surface area contributed by atoms with E-state index >= 15 is 0 Å². The molecule has 0 amide bonds. The molecule has 0 bridgehead atoms. The molecule has 0 radical (unpaired) electrons. The van der Waals surface area contributed by atoms with Gasteiger partial charge in [-0.05, 0) is 31.4 Å². The Morgan fingerprint density at radius 3 is 2.88 bits per heavy atom. The molecule has 3 heteroatoms. The molecular weight excluding hydrogens is 216 g/mol. The zero-order valence-corrected chi connectivity index (χ0v) is 11.7. The van der Waals surface area contributed by atoms with Crippen LogP contribution in [0.3, 0.4) is 0 Å². The lowest BCUT2D eigenvalue weighted by molar-refractivity contribution is 0.0954. The molecule has 2 heterocycles. The monoisotopic (exact) mass is 242 g/mol. The second-order valence-corrected chi connectivity index (χ2v) is 6.95. The van der Waals surface area contributed by atoms with Crippen molar-refractivity contribution >= 4 is 11.8 Å². The summed E-state index contributed by atoms with van der Waals surface area (Å²) >= 11 is 2.13. The van der Waals surface area contributed by atoms with Crippen LogP contribution < -0.4 is 5.32 Å². The number of thioether (sulfide) groups is 1. The molecule has 16 heavy (non-hydrogen) atoms. The van der Waals surface area contributed by atoms with Gasteiger partial charge in [0.2, 0.25) is 0 Å². The molecule has 2 nitrogen and oxygen atoms in total. The number of nitrogens with zero attached hydrogens (tertiary/aromatic N) is 1. The van der Waals surface area contributed by atoms with Crippen LogP contribution in [0.2, 0.25) is 0 Å². The fourth-order valence-electron chi connectivity index (χ4n) is 2.97. The van der Waals surface area contributed by atoms with Crippen LogP contribution in [-0.2, 0) is 0 Å². The maximum absolute atomic E-state index is 3.71. The summed E-state index contributed by atoms with van der Waals surface area (Å²) in [5.41, 5.74) is 0. The average molecular weight is 242 g/mol. The Morgan fingerprint density at radius 1 is 1.44 bits per heavy atom. The van der Waals surface area contributed by atoms with Crippen LogP contribution >= 0.6 is 11.8 Å². The van der Waals surface area contributed by atoms with Crippen LogP contribution in [0.5, 0.6) is 0 Å². The Kier molecular flexibility index (Phi) is 4.57. The van der Waals surface area contributed by atoms with E-state index in [2.05, 4.69) is 42.7 Å². The predicted molar refractivity (Wildman–Crippen MR) is 73.1 cm³/mol. The van der Waals surface area contributed by atoms with Gasteiger partial charge in [-0.15, -0.1) is 0 Å². The van der Waals surface area contributed by atoms with Crippen molar-refractivity contribution < 1.29 is 0 Å². The lowest BCUT2D eigenvalue weighted by Gasteiger charge is -2.42. The first-order valence-corrected chi connectivity index (χ1v) is 7.89. The van der Waals surface area contributed by atoms with Gasteiger partial charge in [-0.1, -0.05) is 13.8 Å². The number of hydrogen-bond donors (Lipinski definition) is 1. The molecule has 3 unspecified atom stereocenters. The second-order valence-electron chi connectivity index (χ2n) is 5.80. The molecular formula is C13H26N2S. The molecule has 2 aliphatic heterocycles. The lowest BCUT2D eigenvalue weighted by Crippen LogP contribution is -2.58. The van der Waals surface area contributed by atoms with Gasteiger partial charge in [-0.2, -0.15) is 11.8 Å². The lowest BCUT2D eigenvalue weighted by atomic mass is 9.98. The Hall–Kier alpha value is 0.270. The Labute approximate surface area is 105 Å². The zero-order valence-electron chi connectivity index (χ0n) is 10.9. The smallest absolute Gasteiger partial charge is 0.0198 e. The van der Waals surface area contributed by atoms with Crippen molar-refractivity contribution in [1.29, 1.82) is 0 Å². The minimum Gasteiger partial charge on any atom is -0.311 e. The van der Waals surface area contributed by atoms with E-state index in [4.69, 9.17) is 0 Å². The highest BCUT2D eigenvalue weighted by Crippen LogP contribution is 2.26. The summed E-state index contributed by atoms with van der Waals surface area (Å²) in [6.07, 6.45) is 2.73. The zero-order chi connectivity index (χ0) is 11.5. The van der Waals surface area contributed by atoms with E-state index in [1.807, 2.05) is 0 Å². The van der Waals surface area contributed by atoms with Crippen molar-refractivity contribution in [2.24, 2.45) is 5.92 Å². The number of rotatable bonds is 3. The van der Waals surface area contributed by atoms with E-state index < -0.39 is 0 Å². The summed E-state index contributed by atoms with van der Waals surface area (Å²) in [6.45, 7) is 9.48. The molecule has 0 spiro atoms. The standard InChI is InChI=1S/C13H26N2S/c1-10(2)6-12-8-15(11(3)7-14-12)13-4-5-16-9-13/h10-14H,4-9H2,1-3H3. The third-order valence-corrected chi connectivity index (χ3v) is 4.97. The quantitative estimate of drug-likeness (QED) is 0.817. The van der Waals surface area contributed by atoms with E-state index in [1.54, 1.807) is 0 Å². The summed E-state index contributed by atoms with van der Waals surface area (Å²) in [5, 5.41) is 3.71. The first kappa shape index (κ1) is 12.7. The van der Waals surface area contributed by atoms with Gasteiger partial charge in [-0.25, -0.2) is 0 Å². The number of piperazine rings is 1. The minimum absolute atomic E-state index is 0.724. The molecule has 2 aliphatic rings. The van der Waals surface area contributed by atoms with E-state index in [-0.39, 0.29) is 0 Å². The molecule has 3 atom stereocenters. The first-order valence-electron chi connectivity index (χ1n) is 6.73. The molecule has 0 aromatic carbocycles. The van der Waals surface area contributed by atoms with Gasteiger partial charge < -0.3 is 5.32 Å². The molecule has 2 fully saturated rings. The van der Waals surface area contributed by atoms with Crippen LogP contribution in [0.15, 0.2) is 0 Å². The topological polar surface area (TPSA) is 15.3 Å². The maximum atomic E-state index is 3.71. The van der Waals surface area contributed by atoms with Gasteiger partial charge >= 0.3 is 0 Å². The van der Waals surface area contributed by atoms with Crippen LogP contribution in [0.25, 0.3) is 0 Å². The maximum Gasteiger partial charge on any atom is 0.0198 e. The van der Waals surface area contributed by atoms with Crippen molar-refractivity contribution in [2.75, 3.05) is 24.6 Å². The third kappa shape index (κ3) is 3.14.